The molecule has 2 amide bonds. The molecule has 1 aromatic rings. The summed E-state index contributed by atoms with van der Waals surface area (Å²) in [5.41, 5.74) is 0.871. The zero-order valence-electron chi connectivity index (χ0n) is 14.0. The number of amides is 2. The highest BCUT2D eigenvalue weighted by atomic mass is 32.2. The number of para-hydroxylation sites is 1. The normalized spacial score (nSPS) is 26.7. The van der Waals surface area contributed by atoms with Gasteiger partial charge in [0.25, 0.3) is 0 Å². The summed E-state index contributed by atoms with van der Waals surface area (Å²) in [5, 5.41) is 5.59. The van der Waals surface area contributed by atoms with Crippen LogP contribution in [0.25, 0.3) is 0 Å². The van der Waals surface area contributed by atoms with Crippen LogP contribution in [0.5, 0.6) is 5.75 Å². The molecule has 0 aromatic heterocycles. The van der Waals surface area contributed by atoms with Gasteiger partial charge in [-0.2, -0.15) is 0 Å². The molecule has 2 fully saturated rings. The van der Waals surface area contributed by atoms with Crippen LogP contribution in [-0.2, 0) is 26.0 Å². The fraction of sp³-hybridized carbons (Fsp3) is 0.529. The molecule has 1 aliphatic heterocycles. The maximum atomic E-state index is 12.2. The lowest BCUT2D eigenvalue weighted by atomic mass is 10.2. The molecule has 3 atom stereocenters. The maximum Gasteiger partial charge on any atom is 0.224 e. The molecule has 2 N–H and O–H groups in total. The molecule has 7 nitrogen and oxygen atoms in total. The molecule has 3 unspecified atom stereocenters. The lowest BCUT2D eigenvalue weighted by Gasteiger charge is -2.11. The van der Waals surface area contributed by atoms with E-state index in [1.165, 1.54) is 0 Å². The molecule has 1 aromatic carbocycles. The Morgan fingerprint density at radius 1 is 1.20 bits per heavy atom. The highest BCUT2D eigenvalue weighted by Crippen LogP contribution is 2.39. The van der Waals surface area contributed by atoms with Gasteiger partial charge in [-0.15, -0.1) is 0 Å². The Labute approximate surface area is 147 Å². The third-order valence-corrected chi connectivity index (χ3v) is 6.46. The second-order valence-corrected chi connectivity index (χ2v) is 8.82. The van der Waals surface area contributed by atoms with Gasteiger partial charge in [-0.1, -0.05) is 18.2 Å². The van der Waals surface area contributed by atoms with Crippen molar-refractivity contribution in [3.05, 3.63) is 29.8 Å². The maximum absolute atomic E-state index is 12.2. The Kier molecular flexibility index (Phi) is 4.99. The minimum absolute atomic E-state index is 0.00384. The summed E-state index contributed by atoms with van der Waals surface area (Å²) in [6, 6.07) is 7.10. The van der Waals surface area contributed by atoms with E-state index in [2.05, 4.69) is 10.6 Å². The average Bonchev–Trinajstić information content (AvgIpc) is 3.32. The zero-order valence-corrected chi connectivity index (χ0v) is 14.8. The molecule has 1 aliphatic carbocycles. The summed E-state index contributed by atoms with van der Waals surface area (Å²) >= 11 is 0. The first kappa shape index (κ1) is 17.7. The summed E-state index contributed by atoms with van der Waals surface area (Å²) < 4.78 is 28.1. The van der Waals surface area contributed by atoms with Crippen molar-refractivity contribution in [1.82, 2.24) is 10.6 Å². The van der Waals surface area contributed by atoms with Gasteiger partial charge in [0.05, 0.1) is 30.5 Å². The molecule has 0 bridgehead atoms. The summed E-state index contributed by atoms with van der Waals surface area (Å²) in [5.74, 6) is -0.268. The van der Waals surface area contributed by atoms with Crippen molar-refractivity contribution in [1.29, 1.82) is 0 Å². The van der Waals surface area contributed by atoms with Crippen LogP contribution in [0.3, 0.4) is 0 Å². The molecular formula is C17H22N2O5S. The predicted octanol–water partition coefficient (Wildman–Crippen LogP) is 0.251. The van der Waals surface area contributed by atoms with E-state index in [9.17, 15) is 18.0 Å². The van der Waals surface area contributed by atoms with Crippen LogP contribution >= 0.6 is 0 Å². The van der Waals surface area contributed by atoms with E-state index in [4.69, 9.17) is 4.74 Å². The molecule has 0 spiro atoms. The number of benzene rings is 1. The molecule has 1 saturated carbocycles. The van der Waals surface area contributed by atoms with Crippen molar-refractivity contribution in [3.63, 3.8) is 0 Å². The minimum Gasteiger partial charge on any atom is -0.496 e. The lowest BCUT2D eigenvalue weighted by Crippen LogP contribution is -2.37. The van der Waals surface area contributed by atoms with E-state index >= 15 is 0 Å². The SMILES string of the molecule is COc1ccccc1CNC(=O)C1CC1C(=O)NC1CCS(=O)(=O)C1. The fourth-order valence-corrected chi connectivity index (χ4v) is 4.83. The summed E-state index contributed by atoms with van der Waals surface area (Å²) in [6.07, 6.45) is 0.953. The van der Waals surface area contributed by atoms with Crippen LogP contribution in [-0.4, -0.2) is 44.9 Å². The Morgan fingerprint density at radius 3 is 2.60 bits per heavy atom. The Morgan fingerprint density at radius 2 is 1.92 bits per heavy atom. The van der Waals surface area contributed by atoms with Crippen molar-refractivity contribution in [3.8, 4) is 5.75 Å². The number of rotatable bonds is 6. The lowest BCUT2D eigenvalue weighted by molar-refractivity contribution is -0.127. The van der Waals surface area contributed by atoms with Gasteiger partial charge in [0.2, 0.25) is 11.8 Å². The number of nitrogens with one attached hydrogen (secondary N) is 2. The van der Waals surface area contributed by atoms with Crippen LogP contribution in [0, 0.1) is 11.8 Å². The van der Waals surface area contributed by atoms with Gasteiger partial charge in [-0.3, -0.25) is 9.59 Å². The largest absolute Gasteiger partial charge is 0.496 e. The van der Waals surface area contributed by atoms with Crippen LogP contribution in [0.15, 0.2) is 24.3 Å². The second kappa shape index (κ2) is 7.03. The summed E-state index contributed by atoms with van der Waals surface area (Å²) in [7, 11) is -1.45. The van der Waals surface area contributed by atoms with Crippen molar-refractivity contribution in [2.45, 2.75) is 25.4 Å². The number of methoxy groups -OCH3 is 1. The highest BCUT2D eigenvalue weighted by molar-refractivity contribution is 7.91. The van der Waals surface area contributed by atoms with Crippen molar-refractivity contribution < 1.29 is 22.7 Å². The Bertz CT molecular complexity index is 777. The Hall–Kier alpha value is -2.09. The van der Waals surface area contributed by atoms with Crippen molar-refractivity contribution in [2.75, 3.05) is 18.6 Å². The van der Waals surface area contributed by atoms with Crippen LogP contribution in [0.1, 0.15) is 18.4 Å². The predicted molar refractivity (Wildman–Crippen MR) is 91.6 cm³/mol. The third kappa shape index (κ3) is 4.31. The number of carbonyl (C=O) groups is 2. The first-order valence-electron chi connectivity index (χ1n) is 8.30. The zero-order chi connectivity index (χ0) is 18.0. The van der Waals surface area contributed by atoms with Gasteiger partial charge >= 0.3 is 0 Å². The number of sulfone groups is 1. The highest BCUT2D eigenvalue weighted by Gasteiger charge is 2.48. The number of carbonyl (C=O) groups excluding carboxylic acids is 2. The van der Waals surface area contributed by atoms with Crippen LogP contribution in [0.4, 0.5) is 0 Å². The molecule has 2 aliphatic rings. The van der Waals surface area contributed by atoms with E-state index in [-0.39, 0.29) is 41.2 Å². The molecular weight excluding hydrogens is 344 g/mol. The first-order chi connectivity index (χ1) is 11.9. The van der Waals surface area contributed by atoms with Gasteiger partial charge in [0, 0.05) is 18.2 Å². The van der Waals surface area contributed by atoms with Crippen molar-refractivity contribution in [2.24, 2.45) is 11.8 Å². The molecule has 1 saturated heterocycles. The van der Waals surface area contributed by atoms with E-state index < -0.39 is 9.84 Å². The molecule has 3 rings (SSSR count). The topological polar surface area (TPSA) is 102 Å². The fourth-order valence-electron chi connectivity index (χ4n) is 3.15. The quantitative estimate of drug-likeness (QED) is 0.752. The second-order valence-electron chi connectivity index (χ2n) is 6.59. The molecule has 8 heteroatoms. The van der Waals surface area contributed by atoms with Crippen LogP contribution in [0.2, 0.25) is 0 Å². The van der Waals surface area contributed by atoms with E-state index in [1.807, 2.05) is 24.3 Å². The number of hydrogen-bond donors (Lipinski definition) is 2. The van der Waals surface area contributed by atoms with E-state index in [0.717, 1.165) is 5.56 Å². The minimum atomic E-state index is -3.03. The molecule has 1 heterocycles. The summed E-state index contributed by atoms with van der Waals surface area (Å²) in [4.78, 5) is 24.4. The third-order valence-electron chi connectivity index (χ3n) is 4.69. The number of hydrogen-bond acceptors (Lipinski definition) is 5. The van der Waals surface area contributed by atoms with Gasteiger partial charge < -0.3 is 15.4 Å². The smallest absolute Gasteiger partial charge is 0.224 e. The van der Waals surface area contributed by atoms with E-state index in [1.54, 1.807) is 7.11 Å². The van der Waals surface area contributed by atoms with Gasteiger partial charge in [-0.05, 0) is 18.9 Å². The average molecular weight is 366 g/mol. The summed E-state index contributed by atoms with van der Waals surface area (Å²) in [6.45, 7) is 0.342. The molecule has 25 heavy (non-hydrogen) atoms. The first-order valence-corrected chi connectivity index (χ1v) is 10.1. The molecule has 0 radical (unpaired) electrons. The van der Waals surface area contributed by atoms with Gasteiger partial charge in [-0.25, -0.2) is 8.42 Å². The van der Waals surface area contributed by atoms with Crippen molar-refractivity contribution >= 4 is 21.7 Å². The number of ether oxygens (including phenoxy) is 1. The van der Waals surface area contributed by atoms with Gasteiger partial charge in [0.15, 0.2) is 9.84 Å². The van der Waals surface area contributed by atoms with Crippen LogP contribution < -0.4 is 15.4 Å². The standard InChI is InChI=1S/C17H22N2O5S/c1-24-15-5-3-2-4-11(15)9-18-16(20)13-8-14(13)17(21)19-12-6-7-25(22,23)10-12/h2-5,12-14H,6-10H2,1H3,(H,18,20)(H,19,21). The monoisotopic (exact) mass is 366 g/mol. The van der Waals surface area contributed by atoms with Gasteiger partial charge in [0.1, 0.15) is 5.75 Å². The molecule has 136 valence electrons. The van der Waals surface area contributed by atoms with E-state index in [0.29, 0.717) is 25.1 Å². The Balaban J connectivity index is 1.46.